The second kappa shape index (κ2) is 7.61. The van der Waals surface area contributed by atoms with E-state index < -0.39 is 40.4 Å². The number of carbonyl (C=O) groups excluding carboxylic acids is 1. The van der Waals surface area contributed by atoms with Crippen LogP contribution in [0.3, 0.4) is 0 Å². The molecule has 29 heavy (non-hydrogen) atoms. The van der Waals surface area contributed by atoms with Crippen LogP contribution < -0.4 is 11.0 Å². The summed E-state index contributed by atoms with van der Waals surface area (Å²) in [4.78, 5) is 28.9. The van der Waals surface area contributed by atoms with E-state index in [0.29, 0.717) is 0 Å². The molecule has 1 N–H and O–H groups in total. The average molecular weight is 411 g/mol. The Morgan fingerprint density at radius 3 is 2.48 bits per heavy atom. The summed E-state index contributed by atoms with van der Waals surface area (Å²) in [7, 11) is 0. The number of aryl methyl sites for hydroxylation is 1. The molecule has 0 aliphatic carbocycles. The third-order valence-corrected chi connectivity index (χ3v) is 4.18. The zero-order valence-electron chi connectivity index (χ0n) is 15.0. The van der Waals surface area contributed by atoms with Gasteiger partial charge in [0.1, 0.15) is 5.82 Å². The molecule has 0 unspecified atom stereocenters. The van der Waals surface area contributed by atoms with Gasteiger partial charge in [0, 0.05) is 6.42 Å². The lowest BCUT2D eigenvalue weighted by atomic mass is 10.1. The van der Waals surface area contributed by atoms with E-state index in [0.717, 1.165) is 28.9 Å². The molecule has 3 aromatic rings. The molecule has 152 valence electrons. The van der Waals surface area contributed by atoms with Gasteiger partial charge in [-0.25, -0.2) is 18.4 Å². The Balaban J connectivity index is 2.01. The molecular formula is C19H14F5N3O2. The highest BCUT2D eigenvalue weighted by Crippen LogP contribution is 2.33. The molecule has 2 aromatic carbocycles. The SMILES string of the molecule is CCc1nc2c(C(F)(F)F)cccc2c(=O)n1NC(=O)Cc1ccc(F)c(F)c1. The van der Waals surface area contributed by atoms with Gasteiger partial charge in [-0.15, -0.1) is 0 Å². The van der Waals surface area contributed by atoms with Crippen molar-refractivity contribution in [1.82, 2.24) is 9.66 Å². The van der Waals surface area contributed by atoms with E-state index in [-0.39, 0.29) is 29.6 Å². The summed E-state index contributed by atoms with van der Waals surface area (Å²) in [5.41, 5.74) is -0.0171. The molecule has 1 aromatic heterocycles. The van der Waals surface area contributed by atoms with E-state index in [4.69, 9.17) is 0 Å². The molecule has 10 heteroatoms. The van der Waals surface area contributed by atoms with Gasteiger partial charge in [0.2, 0.25) is 5.91 Å². The fraction of sp³-hybridized carbons (Fsp3) is 0.211. The molecule has 0 aliphatic heterocycles. The molecule has 0 radical (unpaired) electrons. The Kier molecular flexibility index (Phi) is 5.36. The highest BCUT2D eigenvalue weighted by Gasteiger charge is 2.34. The van der Waals surface area contributed by atoms with Crippen LogP contribution in [0.4, 0.5) is 22.0 Å². The maximum atomic E-state index is 13.3. The lowest BCUT2D eigenvalue weighted by Crippen LogP contribution is -2.37. The van der Waals surface area contributed by atoms with Crippen LogP contribution in [0.25, 0.3) is 10.9 Å². The number of hydrogen-bond donors (Lipinski definition) is 1. The minimum atomic E-state index is -4.70. The largest absolute Gasteiger partial charge is 0.418 e. The van der Waals surface area contributed by atoms with Crippen molar-refractivity contribution < 1.29 is 26.7 Å². The van der Waals surface area contributed by atoms with Crippen LogP contribution in [0.1, 0.15) is 23.9 Å². The monoisotopic (exact) mass is 411 g/mol. The summed E-state index contributed by atoms with van der Waals surface area (Å²) >= 11 is 0. The van der Waals surface area contributed by atoms with Gasteiger partial charge in [-0.1, -0.05) is 19.1 Å². The Labute approximate surface area is 160 Å². The van der Waals surface area contributed by atoms with E-state index >= 15 is 0 Å². The molecule has 0 bridgehead atoms. The first-order valence-corrected chi connectivity index (χ1v) is 8.47. The summed E-state index contributed by atoms with van der Waals surface area (Å²) in [5, 5.41) is -0.315. The summed E-state index contributed by atoms with van der Waals surface area (Å²) in [6, 6.07) is 5.98. The molecular weight excluding hydrogens is 397 g/mol. The number of para-hydroxylation sites is 1. The van der Waals surface area contributed by atoms with Crippen LogP contribution in [0.2, 0.25) is 0 Å². The Morgan fingerprint density at radius 1 is 1.14 bits per heavy atom. The summed E-state index contributed by atoms with van der Waals surface area (Å²) in [5.74, 6) is -3.04. The van der Waals surface area contributed by atoms with Crippen LogP contribution in [0.15, 0.2) is 41.2 Å². The van der Waals surface area contributed by atoms with Crippen molar-refractivity contribution in [2.45, 2.75) is 25.9 Å². The van der Waals surface area contributed by atoms with Crippen molar-refractivity contribution in [3.63, 3.8) is 0 Å². The number of nitrogens with one attached hydrogen (secondary N) is 1. The Bertz CT molecular complexity index is 1160. The van der Waals surface area contributed by atoms with Crippen molar-refractivity contribution in [2.24, 2.45) is 0 Å². The third-order valence-electron chi connectivity index (χ3n) is 4.18. The molecule has 0 saturated carbocycles. The van der Waals surface area contributed by atoms with Crippen molar-refractivity contribution in [2.75, 3.05) is 5.43 Å². The first-order chi connectivity index (χ1) is 13.6. The average Bonchev–Trinajstić information content (AvgIpc) is 2.65. The first kappa shape index (κ1) is 20.4. The second-order valence-corrected chi connectivity index (χ2v) is 6.18. The third kappa shape index (κ3) is 4.10. The molecule has 3 rings (SSSR count). The van der Waals surface area contributed by atoms with Crippen LogP contribution in [-0.4, -0.2) is 15.6 Å². The van der Waals surface area contributed by atoms with Gasteiger partial charge in [0.05, 0.1) is 22.9 Å². The van der Waals surface area contributed by atoms with E-state index in [9.17, 15) is 31.5 Å². The summed E-state index contributed by atoms with van der Waals surface area (Å²) in [6.45, 7) is 1.56. The first-order valence-electron chi connectivity index (χ1n) is 8.47. The zero-order chi connectivity index (χ0) is 21.3. The van der Waals surface area contributed by atoms with E-state index in [2.05, 4.69) is 10.4 Å². The van der Waals surface area contributed by atoms with Gasteiger partial charge in [0.25, 0.3) is 5.56 Å². The van der Waals surface area contributed by atoms with Crippen molar-refractivity contribution in [3.05, 3.63) is 75.3 Å². The number of aromatic nitrogens is 2. The molecule has 0 atom stereocenters. The molecule has 0 spiro atoms. The fourth-order valence-corrected chi connectivity index (χ4v) is 2.83. The van der Waals surface area contributed by atoms with Gasteiger partial charge in [0.15, 0.2) is 11.6 Å². The lowest BCUT2D eigenvalue weighted by Gasteiger charge is -2.15. The number of nitrogens with zero attached hydrogens (tertiary/aromatic N) is 2. The van der Waals surface area contributed by atoms with Crippen molar-refractivity contribution in [1.29, 1.82) is 0 Å². The van der Waals surface area contributed by atoms with E-state index in [1.54, 1.807) is 6.92 Å². The Morgan fingerprint density at radius 2 is 1.86 bits per heavy atom. The van der Waals surface area contributed by atoms with Crippen molar-refractivity contribution >= 4 is 16.8 Å². The van der Waals surface area contributed by atoms with Gasteiger partial charge < -0.3 is 0 Å². The number of fused-ring (bicyclic) bond motifs is 1. The quantitative estimate of drug-likeness (QED) is 0.668. The Hall–Kier alpha value is -3.30. The van der Waals surface area contributed by atoms with Crippen LogP contribution in [-0.2, 0) is 23.8 Å². The summed E-state index contributed by atoms with van der Waals surface area (Å²) < 4.78 is 66.7. The fourth-order valence-electron chi connectivity index (χ4n) is 2.83. The number of alkyl halides is 3. The van der Waals surface area contributed by atoms with Crippen molar-refractivity contribution in [3.8, 4) is 0 Å². The predicted molar refractivity (Wildman–Crippen MR) is 94.8 cm³/mol. The smallest absolute Gasteiger partial charge is 0.273 e. The number of benzene rings is 2. The van der Waals surface area contributed by atoms with Crippen LogP contribution in [0.5, 0.6) is 0 Å². The minimum Gasteiger partial charge on any atom is -0.273 e. The second-order valence-electron chi connectivity index (χ2n) is 6.18. The maximum absolute atomic E-state index is 13.3. The topological polar surface area (TPSA) is 64.0 Å². The predicted octanol–water partition coefficient (Wildman–Crippen LogP) is 3.57. The molecule has 0 fully saturated rings. The molecule has 1 heterocycles. The molecule has 0 saturated heterocycles. The van der Waals surface area contributed by atoms with Gasteiger partial charge in [-0.05, 0) is 29.8 Å². The van der Waals surface area contributed by atoms with Gasteiger partial charge in [-0.2, -0.15) is 13.2 Å². The van der Waals surface area contributed by atoms with E-state index in [1.165, 1.54) is 12.1 Å². The minimum absolute atomic E-state index is 0.0584. The van der Waals surface area contributed by atoms with E-state index in [1.807, 2.05) is 0 Å². The summed E-state index contributed by atoms with van der Waals surface area (Å²) in [6.07, 6.45) is -5.03. The highest BCUT2D eigenvalue weighted by molar-refractivity contribution is 5.87. The number of carbonyl (C=O) groups is 1. The number of halogens is 5. The lowest BCUT2D eigenvalue weighted by molar-refractivity contribution is -0.136. The molecule has 5 nitrogen and oxygen atoms in total. The highest BCUT2D eigenvalue weighted by atomic mass is 19.4. The molecule has 1 amide bonds. The van der Waals surface area contributed by atoms with Crippen LogP contribution >= 0.6 is 0 Å². The number of rotatable bonds is 4. The van der Waals surface area contributed by atoms with Gasteiger partial charge in [-0.3, -0.25) is 15.0 Å². The maximum Gasteiger partial charge on any atom is 0.418 e. The number of amides is 1. The standard InChI is InChI=1S/C19H14F5N3O2/c1-2-15-25-17-11(4-3-5-12(17)19(22,23)24)18(29)27(15)26-16(28)9-10-6-7-13(20)14(21)8-10/h3-8H,2,9H2,1H3,(H,26,28). The molecule has 0 aliphatic rings. The number of hydrogen-bond acceptors (Lipinski definition) is 3. The van der Waals surface area contributed by atoms with Gasteiger partial charge >= 0.3 is 6.18 Å². The zero-order valence-corrected chi connectivity index (χ0v) is 15.0. The van der Waals surface area contributed by atoms with Crippen LogP contribution in [0, 0.1) is 11.6 Å². The normalized spacial score (nSPS) is 11.7.